The van der Waals surface area contributed by atoms with Crippen LogP contribution >= 0.6 is 0 Å². The highest BCUT2D eigenvalue weighted by molar-refractivity contribution is 5.77. The number of hydrogen-bond donors (Lipinski definition) is 0. The van der Waals surface area contributed by atoms with E-state index in [1.165, 1.54) is 6.08 Å². The third-order valence-electron chi connectivity index (χ3n) is 2.15. The molecule has 0 amide bonds. The van der Waals surface area contributed by atoms with Gasteiger partial charge in [0.1, 0.15) is 18.1 Å². The molecule has 1 aromatic rings. The molecule has 1 aliphatic heterocycles. The van der Waals surface area contributed by atoms with Crippen LogP contribution in [-0.2, 0) is 0 Å². The van der Waals surface area contributed by atoms with Crippen molar-refractivity contribution in [1.29, 1.82) is 5.26 Å². The van der Waals surface area contributed by atoms with Gasteiger partial charge in [-0.25, -0.2) is 0 Å². The van der Waals surface area contributed by atoms with Gasteiger partial charge in [-0.3, -0.25) is 0 Å². The van der Waals surface area contributed by atoms with Crippen LogP contribution < -0.4 is 9.47 Å². The highest BCUT2D eigenvalue weighted by Crippen LogP contribution is 2.35. The number of fused-ring (bicyclic) bond motifs is 1. The smallest absolute Gasteiger partial charge is 0.127 e. The molecule has 1 heterocycles. The zero-order valence-corrected chi connectivity index (χ0v) is 7.78. The number of hydrogen-bond acceptors (Lipinski definition) is 3. The van der Waals surface area contributed by atoms with Gasteiger partial charge in [-0.05, 0) is 18.2 Å². The maximum atomic E-state index is 8.57. The van der Waals surface area contributed by atoms with Crippen LogP contribution in [0.15, 0.2) is 24.3 Å². The minimum absolute atomic E-state index is 0.468. The van der Waals surface area contributed by atoms with E-state index in [-0.39, 0.29) is 0 Å². The summed E-state index contributed by atoms with van der Waals surface area (Å²) in [6, 6.07) is 7.58. The van der Waals surface area contributed by atoms with Crippen LogP contribution in [0.4, 0.5) is 0 Å². The van der Waals surface area contributed by atoms with Gasteiger partial charge in [0, 0.05) is 17.2 Å². The van der Waals surface area contributed by atoms with E-state index in [0.29, 0.717) is 6.61 Å². The monoisotopic (exact) mass is 187 g/mol. The van der Waals surface area contributed by atoms with Crippen LogP contribution in [0.2, 0.25) is 0 Å². The Kier molecular flexibility index (Phi) is 2.11. The van der Waals surface area contributed by atoms with Gasteiger partial charge in [0.15, 0.2) is 0 Å². The van der Waals surface area contributed by atoms with E-state index in [0.717, 1.165) is 22.6 Å². The molecule has 0 radical (unpaired) electrons. The second kappa shape index (κ2) is 3.43. The molecule has 0 bridgehead atoms. The molecule has 0 saturated carbocycles. The van der Waals surface area contributed by atoms with E-state index < -0.39 is 0 Å². The maximum Gasteiger partial charge on any atom is 0.127 e. The van der Waals surface area contributed by atoms with Crippen molar-refractivity contribution in [2.24, 2.45) is 0 Å². The predicted molar refractivity (Wildman–Crippen MR) is 52.1 cm³/mol. The molecule has 0 atom stereocenters. The quantitative estimate of drug-likeness (QED) is 0.631. The van der Waals surface area contributed by atoms with Gasteiger partial charge in [0.05, 0.1) is 13.2 Å². The average molecular weight is 187 g/mol. The highest BCUT2D eigenvalue weighted by atomic mass is 16.5. The Morgan fingerprint density at radius 2 is 2.43 bits per heavy atom. The fourth-order valence-electron chi connectivity index (χ4n) is 1.44. The van der Waals surface area contributed by atoms with Gasteiger partial charge in [0.2, 0.25) is 0 Å². The first-order valence-electron chi connectivity index (χ1n) is 4.25. The summed E-state index contributed by atoms with van der Waals surface area (Å²) in [5, 5.41) is 8.57. The molecule has 0 saturated heterocycles. The van der Waals surface area contributed by atoms with Gasteiger partial charge < -0.3 is 9.47 Å². The van der Waals surface area contributed by atoms with Crippen LogP contribution in [0.5, 0.6) is 11.5 Å². The van der Waals surface area contributed by atoms with Crippen molar-refractivity contribution >= 4 is 5.57 Å². The van der Waals surface area contributed by atoms with Crippen molar-refractivity contribution in [3.8, 4) is 17.6 Å². The van der Waals surface area contributed by atoms with Crippen LogP contribution in [0.25, 0.3) is 5.57 Å². The van der Waals surface area contributed by atoms with Gasteiger partial charge in [-0.15, -0.1) is 0 Å². The van der Waals surface area contributed by atoms with E-state index in [1.807, 2.05) is 24.3 Å². The molecule has 0 aliphatic carbocycles. The third-order valence-corrected chi connectivity index (χ3v) is 2.15. The van der Waals surface area contributed by atoms with Gasteiger partial charge in [-0.1, -0.05) is 0 Å². The Bertz CT molecular complexity index is 429. The van der Waals surface area contributed by atoms with Gasteiger partial charge in [-0.2, -0.15) is 5.26 Å². The molecular weight excluding hydrogens is 178 g/mol. The standard InChI is InChI=1S/C11H9NO2/c1-13-9-2-3-11-10(6-9)8(4-5-12)7-14-11/h2-4,6H,7H2,1H3/b8-4-. The number of nitriles is 1. The Hall–Kier alpha value is -1.95. The lowest BCUT2D eigenvalue weighted by molar-refractivity contribution is 0.386. The molecule has 14 heavy (non-hydrogen) atoms. The second-order valence-corrected chi connectivity index (χ2v) is 2.95. The Labute approximate surface area is 82.2 Å². The lowest BCUT2D eigenvalue weighted by atomic mass is 10.1. The van der Waals surface area contributed by atoms with Crippen LogP contribution in [0, 0.1) is 11.3 Å². The summed E-state index contributed by atoms with van der Waals surface area (Å²) in [5.41, 5.74) is 1.85. The minimum atomic E-state index is 0.468. The fraction of sp³-hybridized carbons (Fsp3) is 0.182. The summed E-state index contributed by atoms with van der Waals surface area (Å²) >= 11 is 0. The number of rotatable bonds is 1. The van der Waals surface area contributed by atoms with Crippen LogP contribution in [-0.4, -0.2) is 13.7 Å². The molecule has 2 rings (SSSR count). The summed E-state index contributed by atoms with van der Waals surface area (Å²) in [5.74, 6) is 1.59. The van der Waals surface area contributed by atoms with Crippen molar-refractivity contribution < 1.29 is 9.47 Å². The van der Waals surface area contributed by atoms with Crippen molar-refractivity contribution in [3.63, 3.8) is 0 Å². The molecule has 0 unspecified atom stereocenters. The Balaban J connectivity index is 2.48. The van der Waals surface area contributed by atoms with Crippen LogP contribution in [0.3, 0.4) is 0 Å². The first kappa shape index (κ1) is 8.64. The SMILES string of the molecule is COc1ccc2c(c1)/C(=C\C#N)CO2. The normalized spacial score (nSPS) is 15.9. The zero-order valence-electron chi connectivity index (χ0n) is 7.78. The van der Waals surface area contributed by atoms with E-state index in [9.17, 15) is 0 Å². The largest absolute Gasteiger partial charge is 0.497 e. The molecule has 0 spiro atoms. The molecular formula is C11H9NO2. The van der Waals surface area contributed by atoms with Gasteiger partial charge >= 0.3 is 0 Å². The molecule has 3 heteroatoms. The number of methoxy groups -OCH3 is 1. The molecule has 0 fully saturated rings. The fourth-order valence-corrected chi connectivity index (χ4v) is 1.44. The maximum absolute atomic E-state index is 8.57. The van der Waals surface area contributed by atoms with E-state index in [2.05, 4.69) is 0 Å². The Morgan fingerprint density at radius 3 is 3.14 bits per heavy atom. The van der Waals surface area contributed by atoms with E-state index in [4.69, 9.17) is 14.7 Å². The topological polar surface area (TPSA) is 42.2 Å². The zero-order chi connectivity index (χ0) is 9.97. The van der Waals surface area contributed by atoms with Crippen molar-refractivity contribution in [3.05, 3.63) is 29.8 Å². The number of benzene rings is 1. The first-order chi connectivity index (χ1) is 6.85. The number of allylic oxidation sites excluding steroid dienone is 1. The first-order valence-corrected chi connectivity index (χ1v) is 4.25. The summed E-state index contributed by atoms with van der Waals surface area (Å²) in [6.45, 7) is 0.468. The minimum Gasteiger partial charge on any atom is -0.497 e. The van der Waals surface area contributed by atoms with Crippen LogP contribution in [0.1, 0.15) is 5.56 Å². The predicted octanol–water partition coefficient (Wildman–Crippen LogP) is 1.99. The molecule has 1 aromatic carbocycles. The van der Waals surface area contributed by atoms with Crippen molar-refractivity contribution in [2.75, 3.05) is 13.7 Å². The van der Waals surface area contributed by atoms with Gasteiger partial charge in [0.25, 0.3) is 0 Å². The molecule has 3 nitrogen and oxygen atoms in total. The second-order valence-electron chi connectivity index (χ2n) is 2.95. The van der Waals surface area contributed by atoms with E-state index >= 15 is 0 Å². The molecule has 1 aliphatic rings. The summed E-state index contributed by atoms with van der Waals surface area (Å²) in [6.07, 6.45) is 1.51. The molecule has 0 aromatic heterocycles. The lowest BCUT2D eigenvalue weighted by Crippen LogP contribution is -1.86. The van der Waals surface area contributed by atoms with Crippen molar-refractivity contribution in [2.45, 2.75) is 0 Å². The average Bonchev–Trinajstić information content (AvgIpc) is 2.61. The molecule has 0 N–H and O–H groups in total. The summed E-state index contributed by atoms with van der Waals surface area (Å²) in [7, 11) is 1.62. The summed E-state index contributed by atoms with van der Waals surface area (Å²) in [4.78, 5) is 0. The Morgan fingerprint density at radius 1 is 1.57 bits per heavy atom. The molecule has 70 valence electrons. The lowest BCUT2D eigenvalue weighted by Gasteiger charge is -2.01. The highest BCUT2D eigenvalue weighted by Gasteiger charge is 2.17. The summed E-state index contributed by atoms with van der Waals surface area (Å²) < 4.78 is 10.5. The third kappa shape index (κ3) is 1.31. The van der Waals surface area contributed by atoms with E-state index in [1.54, 1.807) is 7.11 Å². The number of ether oxygens (including phenoxy) is 2. The van der Waals surface area contributed by atoms with Crippen molar-refractivity contribution in [1.82, 2.24) is 0 Å². The number of nitrogens with zero attached hydrogens (tertiary/aromatic N) is 1.